The van der Waals surface area contributed by atoms with Crippen molar-refractivity contribution in [3.63, 3.8) is 0 Å². The zero-order valence-electron chi connectivity index (χ0n) is 16.7. The van der Waals surface area contributed by atoms with Crippen LogP contribution >= 0.6 is 0 Å². The summed E-state index contributed by atoms with van der Waals surface area (Å²) in [5.74, 6) is -1.05. The maximum absolute atomic E-state index is 11.9. The highest BCUT2D eigenvalue weighted by molar-refractivity contribution is 6.35. The van der Waals surface area contributed by atoms with Gasteiger partial charge in [-0.25, -0.2) is 0 Å². The molecule has 0 radical (unpaired) electrons. The number of rotatable bonds is 7. The second kappa shape index (κ2) is 10.9. The Hall–Kier alpha value is -2.34. The van der Waals surface area contributed by atoms with E-state index < -0.39 is 11.8 Å². The second-order valence-corrected chi connectivity index (χ2v) is 7.53. The van der Waals surface area contributed by atoms with Crippen LogP contribution in [0.2, 0.25) is 0 Å². The van der Waals surface area contributed by atoms with Gasteiger partial charge in [-0.1, -0.05) is 29.8 Å². The Morgan fingerprint density at radius 1 is 0.893 bits per heavy atom. The molecule has 28 heavy (non-hydrogen) atoms. The lowest BCUT2D eigenvalue weighted by Crippen LogP contribution is -2.49. The molecule has 0 saturated carbocycles. The Balaban J connectivity index is 1.27. The van der Waals surface area contributed by atoms with Gasteiger partial charge in [-0.05, 0) is 44.2 Å². The van der Waals surface area contributed by atoms with E-state index in [4.69, 9.17) is 0 Å². The first-order valence-corrected chi connectivity index (χ1v) is 10.5. The van der Waals surface area contributed by atoms with Crippen LogP contribution in [0.3, 0.4) is 0 Å². The maximum Gasteiger partial charge on any atom is 0.309 e. The Kier molecular flexibility index (Phi) is 7.91. The van der Waals surface area contributed by atoms with Gasteiger partial charge in [0.05, 0.1) is 0 Å². The third-order valence-corrected chi connectivity index (χ3v) is 5.53. The number of carbonyl (C=O) groups excluding carboxylic acids is 2. The Bertz CT molecular complexity index is 666. The number of nitrogens with zero attached hydrogens (tertiary/aromatic N) is 2. The normalized spacial score (nSPS) is 17.7. The topological polar surface area (TPSA) is 64.7 Å². The minimum absolute atomic E-state index is 0.503. The molecule has 1 aliphatic heterocycles. The average Bonchev–Trinajstić information content (AvgIpc) is 2.75. The summed E-state index contributed by atoms with van der Waals surface area (Å²) < 4.78 is 0. The predicted octanol–water partition coefficient (Wildman–Crippen LogP) is 1.93. The number of carbonyl (C=O) groups is 2. The number of hydrogen-bond acceptors (Lipinski definition) is 4. The summed E-state index contributed by atoms with van der Waals surface area (Å²) in [6.07, 6.45) is 7.89. The molecule has 0 bridgehead atoms. The van der Waals surface area contributed by atoms with E-state index >= 15 is 0 Å². The second-order valence-electron chi connectivity index (χ2n) is 7.53. The first kappa shape index (κ1) is 20.4. The lowest BCUT2D eigenvalue weighted by atomic mass is 9.97. The van der Waals surface area contributed by atoms with E-state index in [0.29, 0.717) is 13.1 Å². The standard InChI is InChI=1S/C22H32N4O2/c27-21(23-12-11-19-7-3-1-4-8-19)22(28)24-13-14-25-15-17-26(18-16-25)20-9-5-2-6-10-20/h2,5-7,9-10H,1,3-4,8,11-18H2,(H,23,27)(H,24,28). The summed E-state index contributed by atoms with van der Waals surface area (Å²) in [5, 5.41) is 5.47. The molecule has 1 heterocycles. The van der Waals surface area contributed by atoms with Crippen LogP contribution in [0, 0.1) is 0 Å². The zero-order valence-corrected chi connectivity index (χ0v) is 16.7. The molecule has 2 N–H and O–H groups in total. The van der Waals surface area contributed by atoms with Crippen molar-refractivity contribution < 1.29 is 9.59 Å². The minimum Gasteiger partial charge on any atom is -0.369 e. The van der Waals surface area contributed by atoms with E-state index in [9.17, 15) is 9.59 Å². The smallest absolute Gasteiger partial charge is 0.309 e. The van der Waals surface area contributed by atoms with E-state index in [1.165, 1.54) is 24.1 Å². The summed E-state index contributed by atoms with van der Waals surface area (Å²) in [7, 11) is 0. The summed E-state index contributed by atoms with van der Waals surface area (Å²) in [4.78, 5) is 28.5. The van der Waals surface area contributed by atoms with Gasteiger partial charge in [-0.2, -0.15) is 0 Å². The molecule has 6 nitrogen and oxygen atoms in total. The SMILES string of the molecule is O=C(NCCC1=CCCCC1)C(=O)NCCN1CCN(c2ccccc2)CC1. The van der Waals surface area contributed by atoms with E-state index in [-0.39, 0.29) is 0 Å². The molecule has 2 aliphatic rings. The molecule has 1 saturated heterocycles. The van der Waals surface area contributed by atoms with Crippen molar-refractivity contribution in [3.05, 3.63) is 42.0 Å². The highest BCUT2D eigenvalue weighted by Crippen LogP contribution is 2.19. The van der Waals surface area contributed by atoms with Crippen LogP contribution in [0.5, 0.6) is 0 Å². The number of nitrogens with one attached hydrogen (secondary N) is 2. The van der Waals surface area contributed by atoms with E-state index in [2.05, 4.69) is 50.8 Å². The third-order valence-electron chi connectivity index (χ3n) is 5.53. The monoisotopic (exact) mass is 384 g/mol. The van der Waals surface area contributed by atoms with Crippen molar-refractivity contribution in [1.29, 1.82) is 0 Å². The Morgan fingerprint density at radius 3 is 2.29 bits per heavy atom. The minimum atomic E-state index is -0.527. The molecule has 0 spiro atoms. The molecule has 1 aromatic rings. The van der Waals surface area contributed by atoms with Gasteiger partial charge in [-0.3, -0.25) is 14.5 Å². The number of hydrogen-bond donors (Lipinski definition) is 2. The van der Waals surface area contributed by atoms with Gasteiger partial charge in [0, 0.05) is 51.5 Å². The number of allylic oxidation sites excluding steroid dienone is 1. The van der Waals surface area contributed by atoms with E-state index in [1.807, 2.05) is 6.07 Å². The van der Waals surface area contributed by atoms with Crippen molar-refractivity contribution in [1.82, 2.24) is 15.5 Å². The first-order valence-electron chi connectivity index (χ1n) is 10.5. The molecule has 1 fully saturated rings. The molecule has 0 aromatic heterocycles. The lowest BCUT2D eigenvalue weighted by molar-refractivity contribution is -0.139. The number of piperazine rings is 1. The fourth-order valence-electron chi connectivity index (χ4n) is 3.82. The van der Waals surface area contributed by atoms with Crippen LogP contribution in [0.15, 0.2) is 42.0 Å². The summed E-state index contributed by atoms with van der Waals surface area (Å²) >= 11 is 0. The molecule has 1 aliphatic carbocycles. The number of amides is 2. The van der Waals surface area contributed by atoms with Gasteiger partial charge >= 0.3 is 11.8 Å². The van der Waals surface area contributed by atoms with Gasteiger partial charge in [0.1, 0.15) is 0 Å². The molecule has 2 amide bonds. The van der Waals surface area contributed by atoms with Gasteiger partial charge in [0.25, 0.3) is 0 Å². The van der Waals surface area contributed by atoms with Crippen LogP contribution < -0.4 is 15.5 Å². The summed E-state index contributed by atoms with van der Waals surface area (Å²) in [6, 6.07) is 10.4. The molecule has 152 valence electrons. The molecular formula is C22H32N4O2. The highest BCUT2D eigenvalue weighted by atomic mass is 16.2. The van der Waals surface area contributed by atoms with Gasteiger partial charge < -0.3 is 15.5 Å². The van der Waals surface area contributed by atoms with Crippen LogP contribution in [0.25, 0.3) is 0 Å². The van der Waals surface area contributed by atoms with Crippen LogP contribution in [0.4, 0.5) is 5.69 Å². The Morgan fingerprint density at radius 2 is 1.61 bits per heavy atom. The number of para-hydroxylation sites is 1. The van der Waals surface area contributed by atoms with Gasteiger partial charge in [-0.15, -0.1) is 0 Å². The van der Waals surface area contributed by atoms with Gasteiger partial charge in [0.15, 0.2) is 0 Å². The molecular weight excluding hydrogens is 352 g/mol. The van der Waals surface area contributed by atoms with Gasteiger partial charge in [0.2, 0.25) is 0 Å². The van der Waals surface area contributed by atoms with Crippen LogP contribution in [-0.2, 0) is 9.59 Å². The molecule has 0 unspecified atom stereocenters. The summed E-state index contributed by atoms with van der Waals surface area (Å²) in [5.41, 5.74) is 2.66. The maximum atomic E-state index is 11.9. The molecule has 0 atom stereocenters. The fourth-order valence-corrected chi connectivity index (χ4v) is 3.82. The van der Waals surface area contributed by atoms with Crippen molar-refractivity contribution >= 4 is 17.5 Å². The van der Waals surface area contributed by atoms with Crippen LogP contribution in [-0.4, -0.2) is 62.5 Å². The van der Waals surface area contributed by atoms with E-state index in [0.717, 1.165) is 52.0 Å². The van der Waals surface area contributed by atoms with Crippen molar-refractivity contribution in [2.45, 2.75) is 32.1 Å². The average molecular weight is 385 g/mol. The highest BCUT2D eigenvalue weighted by Gasteiger charge is 2.18. The number of anilines is 1. The molecule has 6 heteroatoms. The number of benzene rings is 1. The predicted molar refractivity (Wildman–Crippen MR) is 112 cm³/mol. The Labute approximate surface area is 168 Å². The summed E-state index contributed by atoms with van der Waals surface area (Å²) in [6.45, 7) is 5.71. The van der Waals surface area contributed by atoms with Crippen LogP contribution in [0.1, 0.15) is 32.1 Å². The van der Waals surface area contributed by atoms with Crippen molar-refractivity contribution in [3.8, 4) is 0 Å². The molecule has 3 rings (SSSR count). The van der Waals surface area contributed by atoms with Crippen molar-refractivity contribution in [2.24, 2.45) is 0 Å². The third kappa shape index (κ3) is 6.37. The zero-order chi connectivity index (χ0) is 19.6. The first-order chi connectivity index (χ1) is 13.7. The van der Waals surface area contributed by atoms with Crippen molar-refractivity contribution in [2.75, 3.05) is 50.7 Å². The fraction of sp³-hybridized carbons (Fsp3) is 0.545. The largest absolute Gasteiger partial charge is 0.369 e. The molecule has 1 aromatic carbocycles. The lowest BCUT2D eigenvalue weighted by Gasteiger charge is -2.36. The van der Waals surface area contributed by atoms with E-state index in [1.54, 1.807) is 0 Å². The quantitative estimate of drug-likeness (QED) is 0.557.